The predicted molar refractivity (Wildman–Crippen MR) is 67.6 cm³/mol. The van der Waals surface area contributed by atoms with Crippen LogP contribution in [0.25, 0.3) is 11.0 Å². The molecule has 0 aliphatic carbocycles. The van der Waals surface area contributed by atoms with Crippen LogP contribution in [0.3, 0.4) is 0 Å². The van der Waals surface area contributed by atoms with Gasteiger partial charge in [0.1, 0.15) is 0 Å². The smallest absolute Gasteiger partial charge is 0.326 e. The van der Waals surface area contributed by atoms with E-state index in [9.17, 15) is 9.90 Å². The summed E-state index contributed by atoms with van der Waals surface area (Å²) < 4.78 is 6.86. The standard InChI is InChI=1S/C13H16N2O3/c16-12-14-10-3-1-2-4-11(10)15(12)9-13(17)5-7-18-8-6-13/h1-4,17H,5-9H2,(H,14,16). The van der Waals surface area contributed by atoms with Crippen LogP contribution in [0.15, 0.2) is 29.1 Å². The number of rotatable bonds is 2. The second-order valence-electron chi connectivity index (χ2n) is 4.87. The normalized spacial score (nSPS) is 19.2. The summed E-state index contributed by atoms with van der Waals surface area (Å²) in [5.41, 5.74) is 0.629. The van der Waals surface area contributed by atoms with Crippen molar-refractivity contribution in [2.75, 3.05) is 13.2 Å². The molecule has 5 nitrogen and oxygen atoms in total. The van der Waals surface area contributed by atoms with Crippen LogP contribution < -0.4 is 5.69 Å². The first kappa shape index (κ1) is 11.5. The van der Waals surface area contributed by atoms with Gasteiger partial charge in [0.2, 0.25) is 0 Å². The molecule has 5 heteroatoms. The largest absolute Gasteiger partial charge is 0.388 e. The van der Waals surface area contributed by atoms with Gasteiger partial charge in [0.15, 0.2) is 0 Å². The second kappa shape index (κ2) is 4.26. The van der Waals surface area contributed by atoms with Crippen molar-refractivity contribution in [1.29, 1.82) is 0 Å². The fraction of sp³-hybridized carbons (Fsp3) is 0.462. The SMILES string of the molecule is O=c1[nH]c2ccccc2n1CC1(O)CCOCC1. The third kappa shape index (κ3) is 1.95. The Kier molecular flexibility index (Phi) is 2.72. The topological polar surface area (TPSA) is 67.2 Å². The van der Waals surface area contributed by atoms with E-state index >= 15 is 0 Å². The predicted octanol–water partition coefficient (Wildman–Crippen LogP) is 0.871. The molecule has 0 bridgehead atoms. The van der Waals surface area contributed by atoms with Crippen molar-refractivity contribution in [3.63, 3.8) is 0 Å². The highest BCUT2D eigenvalue weighted by Gasteiger charge is 2.31. The maximum atomic E-state index is 11.9. The number of nitrogens with zero attached hydrogens (tertiary/aromatic N) is 1. The molecule has 0 amide bonds. The Morgan fingerprint density at radius 2 is 2.06 bits per heavy atom. The van der Waals surface area contributed by atoms with E-state index in [2.05, 4.69) is 4.98 Å². The Labute approximate surface area is 104 Å². The van der Waals surface area contributed by atoms with Crippen molar-refractivity contribution in [3.05, 3.63) is 34.7 Å². The molecule has 0 unspecified atom stereocenters. The Morgan fingerprint density at radius 3 is 2.83 bits per heavy atom. The zero-order valence-corrected chi connectivity index (χ0v) is 10.1. The molecule has 0 atom stereocenters. The van der Waals surface area contributed by atoms with Gasteiger partial charge < -0.3 is 14.8 Å². The minimum absolute atomic E-state index is 0.170. The van der Waals surface area contributed by atoms with E-state index in [4.69, 9.17) is 4.74 Å². The quantitative estimate of drug-likeness (QED) is 0.828. The number of hydrogen-bond donors (Lipinski definition) is 2. The van der Waals surface area contributed by atoms with Crippen LogP contribution >= 0.6 is 0 Å². The lowest BCUT2D eigenvalue weighted by Crippen LogP contribution is -2.42. The van der Waals surface area contributed by atoms with Crippen molar-refractivity contribution in [2.24, 2.45) is 0 Å². The number of fused-ring (bicyclic) bond motifs is 1. The first-order valence-electron chi connectivity index (χ1n) is 6.16. The molecular weight excluding hydrogens is 232 g/mol. The number of benzene rings is 1. The van der Waals surface area contributed by atoms with E-state index < -0.39 is 5.60 Å². The number of imidazole rings is 1. The highest BCUT2D eigenvalue weighted by molar-refractivity contribution is 5.74. The maximum Gasteiger partial charge on any atom is 0.326 e. The number of para-hydroxylation sites is 2. The molecule has 96 valence electrons. The van der Waals surface area contributed by atoms with Crippen molar-refractivity contribution < 1.29 is 9.84 Å². The fourth-order valence-corrected chi connectivity index (χ4v) is 2.47. The molecule has 1 saturated heterocycles. The van der Waals surface area contributed by atoms with Crippen LogP contribution in [0, 0.1) is 0 Å². The van der Waals surface area contributed by atoms with Crippen LogP contribution in [-0.2, 0) is 11.3 Å². The minimum Gasteiger partial charge on any atom is -0.388 e. The molecular formula is C13H16N2O3. The van der Waals surface area contributed by atoms with Gasteiger partial charge in [0.25, 0.3) is 0 Å². The zero-order valence-electron chi connectivity index (χ0n) is 10.1. The molecule has 2 aromatic rings. The number of H-pyrrole nitrogens is 1. The molecule has 1 fully saturated rings. The van der Waals surface area contributed by atoms with E-state index in [1.165, 1.54) is 0 Å². The van der Waals surface area contributed by atoms with Gasteiger partial charge in [0.05, 0.1) is 23.2 Å². The van der Waals surface area contributed by atoms with Gasteiger partial charge in [0, 0.05) is 26.1 Å². The van der Waals surface area contributed by atoms with Gasteiger partial charge in [-0.3, -0.25) is 4.57 Å². The summed E-state index contributed by atoms with van der Waals surface area (Å²) in [6.45, 7) is 1.42. The Morgan fingerprint density at radius 1 is 1.33 bits per heavy atom. The van der Waals surface area contributed by atoms with Gasteiger partial charge in [-0.25, -0.2) is 4.79 Å². The van der Waals surface area contributed by atoms with Crippen molar-refractivity contribution >= 4 is 11.0 Å². The lowest BCUT2D eigenvalue weighted by atomic mass is 9.94. The molecule has 0 spiro atoms. The van der Waals surface area contributed by atoms with Crippen LogP contribution in [0.5, 0.6) is 0 Å². The first-order chi connectivity index (χ1) is 8.68. The molecule has 1 aromatic heterocycles. The number of ether oxygens (including phenoxy) is 1. The van der Waals surface area contributed by atoms with Gasteiger partial charge in [-0.05, 0) is 12.1 Å². The fourth-order valence-electron chi connectivity index (χ4n) is 2.47. The van der Waals surface area contributed by atoms with E-state index in [0.29, 0.717) is 32.6 Å². The third-order valence-electron chi connectivity index (χ3n) is 3.56. The molecule has 1 aliphatic heterocycles. The number of aromatic nitrogens is 2. The number of hydrogen-bond acceptors (Lipinski definition) is 3. The Bertz CT molecular complexity index is 608. The van der Waals surface area contributed by atoms with Crippen LogP contribution in [-0.4, -0.2) is 33.5 Å². The third-order valence-corrected chi connectivity index (χ3v) is 3.56. The van der Waals surface area contributed by atoms with Crippen molar-refractivity contribution in [2.45, 2.75) is 25.0 Å². The lowest BCUT2D eigenvalue weighted by molar-refractivity contribution is -0.0726. The molecule has 2 heterocycles. The van der Waals surface area contributed by atoms with Crippen LogP contribution in [0.1, 0.15) is 12.8 Å². The highest BCUT2D eigenvalue weighted by Crippen LogP contribution is 2.23. The van der Waals surface area contributed by atoms with Crippen molar-refractivity contribution in [1.82, 2.24) is 9.55 Å². The first-order valence-corrected chi connectivity index (χ1v) is 6.16. The molecule has 1 aliphatic rings. The van der Waals surface area contributed by atoms with Gasteiger partial charge >= 0.3 is 5.69 Å². The molecule has 3 rings (SSSR count). The summed E-state index contributed by atoms with van der Waals surface area (Å²) in [7, 11) is 0. The summed E-state index contributed by atoms with van der Waals surface area (Å²) in [5.74, 6) is 0. The van der Waals surface area contributed by atoms with Gasteiger partial charge in [-0.15, -0.1) is 0 Å². The lowest BCUT2D eigenvalue weighted by Gasteiger charge is -2.32. The Balaban J connectivity index is 1.99. The molecule has 2 N–H and O–H groups in total. The van der Waals surface area contributed by atoms with Crippen molar-refractivity contribution in [3.8, 4) is 0 Å². The molecule has 1 aromatic carbocycles. The summed E-state index contributed by atoms with van der Waals surface area (Å²) >= 11 is 0. The van der Waals surface area contributed by atoms with E-state index in [-0.39, 0.29) is 5.69 Å². The zero-order chi connectivity index (χ0) is 12.6. The molecule has 0 radical (unpaired) electrons. The van der Waals surface area contributed by atoms with Gasteiger partial charge in [-0.2, -0.15) is 0 Å². The second-order valence-corrected chi connectivity index (χ2v) is 4.87. The number of aliphatic hydroxyl groups is 1. The summed E-state index contributed by atoms with van der Waals surface area (Å²) in [6, 6.07) is 7.52. The van der Waals surface area contributed by atoms with Crippen LogP contribution in [0.2, 0.25) is 0 Å². The number of nitrogens with one attached hydrogen (secondary N) is 1. The number of aromatic amines is 1. The van der Waals surface area contributed by atoms with Gasteiger partial charge in [-0.1, -0.05) is 12.1 Å². The average Bonchev–Trinajstić information content (AvgIpc) is 2.67. The molecule has 0 saturated carbocycles. The van der Waals surface area contributed by atoms with Crippen LogP contribution in [0.4, 0.5) is 0 Å². The monoisotopic (exact) mass is 248 g/mol. The summed E-state index contributed by atoms with van der Waals surface area (Å²) in [5, 5.41) is 10.5. The Hall–Kier alpha value is -1.59. The average molecular weight is 248 g/mol. The minimum atomic E-state index is -0.840. The summed E-state index contributed by atoms with van der Waals surface area (Å²) in [4.78, 5) is 14.7. The van der Waals surface area contributed by atoms with E-state index in [0.717, 1.165) is 11.0 Å². The van der Waals surface area contributed by atoms with E-state index in [1.807, 2.05) is 24.3 Å². The molecule has 18 heavy (non-hydrogen) atoms. The maximum absolute atomic E-state index is 11.9. The van der Waals surface area contributed by atoms with E-state index in [1.54, 1.807) is 4.57 Å². The summed E-state index contributed by atoms with van der Waals surface area (Å²) in [6.07, 6.45) is 1.14. The highest BCUT2D eigenvalue weighted by atomic mass is 16.5.